The number of ketones is 1. The number of rotatable bonds is 9. The van der Waals surface area contributed by atoms with E-state index in [4.69, 9.17) is 14.2 Å². The molecule has 7 nitrogen and oxygen atoms in total. The third-order valence-corrected chi connectivity index (χ3v) is 4.78. The van der Waals surface area contributed by atoms with Gasteiger partial charge >= 0.3 is 5.97 Å². The number of nitrogens with zero attached hydrogens (tertiary/aromatic N) is 2. The number of carbonyl (C=O) groups excluding carboxylic acids is 2. The largest absolute Gasteiger partial charge is 0.497 e. The van der Waals surface area contributed by atoms with Gasteiger partial charge in [-0.2, -0.15) is 0 Å². The highest BCUT2D eigenvalue weighted by molar-refractivity contribution is 7.98. The predicted octanol–water partition coefficient (Wildman–Crippen LogP) is 3.19. The van der Waals surface area contributed by atoms with Crippen LogP contribution >= 0.6 is 11.8 Å². The van der Waals surface area contributed by atoms with Crippen LogP contribution < -0.4 is 9.47 Å². The molecule has 150 valence electrons. The average Bonchev–Trinajstić information content (AvgIpc) is 2.70. The number of carbonyl (C=O) groups is 2. The molecule has 1 aromatic heterocycles. The van der Waals surface area contributed by atoms with Crippen molar-refractivity contribution in [3.8, 4) is 11.5 Å². The van der Waals surface area contributed by atoms with E-state index < -0.39 is 5.97 Å². The number of ether oxygens (including phenoxy) is 3. The molecule has 0 radical (unpaired) electrons. The van der Waals surface area contributed by atoms with Gasteiger partial charge < -0.3 is 14.2 Å². The van der Waals surface area contributed by atoms with E-state index in [1.165, 1.54) is 26.0 Å². The Morgan fingerprint density at radius 3 is 2.32 bits per heavy atom. The first-order valence-corrected chi connectivity index (χ1v) is 9.91. The second-order valence-electron chi connectivity index (χ2n) is 6.01. The normalized spacial score (nSPS) is 10.5. The summed E-state index contributed by atoms with van der Waals surface area (Å²) in [7, 11) is 2.99. The van der Waals surface area contributed by atoms with E-state index >= 15 is 0 Å². The molecule has 0 N–H and O–H groups in total. The molecule has 2 aromatic rings. The van der Waals surface area contributed by atoms with Crippen molar-refractivity contribution in [3.05, 3.63) is 40.7 Å². The molecule has 0 bridgehead atoms. The maximum Gasteiger partial charge on any atom is 0.306 e. The van der Waals surface area contributed by atoms with E-state index in [1.54, 1.807) is 18.2 Å². The second kappa shape index (κ2) is 10.1. The van der Waals surface area contributed by atoms with Crippen molar-refractivity contribution in [1.82, 2.24) is 9.97 Å². The molecule has 0 saturated heterocycles. The minimum atomic E-state index is -0.450. The lowest BCUT2D eigenvalue weighted by Crippen LogP contribution is -2.16. The fourth-order valence-electron chi connectivity index (χ4n) is 2.71. The quantitative estimate of drug-likeness (QED) is 0.273. The Morgan fingerprint density at radius 2 is 1.75 bits per heavy atom. The van der Waals surface area contributed by atoms with Gasteiger partial charge in [0.2, 0.25) is 5.78 Å². The lowest BCUT2D eigenvalue weighted by Gasteiger charge is -2.11. The zero-order valence-corrected chi connectivity index (χ0v) is 17.5. The number of methoxy groups -OCH3 is 2. The van der Waals surface area contributed by atoms with E-state index in [1.807, 2.05) is 20.1 Å². The Hall–Kier alpha value is -2.61. The fraction of sp³-hybridized carbons (Fsp3) is 0.400. The first kappa shape index (κ1) is 21.7. The topological polar surface area (TPSA) is 87.6 Å². The summed E-state index contributed by atoms with van der Waals surface area (Å²) in [5.41, 5.74) is 2.97. The van der Waals surface area contributed by atoms with Crippen molar-refractivity contribution < 1.29 is 23.8 Å². The van der Waals surface area contributed by atoms with Gasteiger partial charge in [-0.1, -0.05) is 11.8 Å². The molecular formula is C20H24N2O5S. The molecular weight excluding hydrogens is 380 g/mol. The van der Waals surface area contributed by atoms with Crippen molar-refractivity contribution >= 4 is 23.5 Å². The van der Waals surface area contributed by atoms with Gasteiger partial charge in [0.25, 0.3) is 0 Å². The summed E-state index contributed by atoms with van der Waals surface area (Å²) >= 11 is 1.48. The zero-order valence-electron chi connectivity index (χ0n) is 16.7. The molecule has 0 saturated carbocycles. The standard InChI is InChI=1S/C20H24N2O5S/c1-12-15(13(2)22-20(21-12)28-5)8-9-19(24)27-11-17(23)16-7-6-14(25-3)10-18(16)26-4/h6-7,10H,8-9,11H2,1-5H3. The summed E-state index contributed by atoms with van der Waals surface area (Å²) < 4.78 is 15.5. The number of esters is 1. The van der Waals surface area contributed by atoms with E-state index in [2.05, 4.69) is 9.97 Å². The molecule has 28 heavy (non-hydrogen) atoms. The summed E-state index contributed by atoms with van der Waals surface area (Å²) in [6.45, 7) is 3.45. The van der Waals surface area contributed by atoms with Gasteiger partial charge in [0, 0.05) is 23.9 Å². The Balaban J connectivity index is 1.93. The molecule has 0 atom stereocenters. The molecule has 0 fully saturated rings. The third-order valence-electron chi connectivity index (χ3n) is 4.24. The molecule has 0 unspecified atom stereocenters. The van der Waals surface area contributed by atoms with Crippen molar-refractivity contribution in [2.45, 2.75) is 31.8 Å². The van der Waals surface area contributed by atoms with Crippen LogP contribution in [-0.4, -0.2) is 48.8 Å². The predicted molar refractivity (Wildman–Crippen MR) is 106 cm³/mol. The number of aromatic nitrogens is 2. The Labute approximate surface area is 168 Å². The SMILES string of the molecule is COc1ccc(C(=O)COC(=O)CCc2c(C)nc(SC)nc2C)c(OC)c1. The summed E-state index contributed by atoms with van der Waals surface area (Å²) in [6, 6.07) is 4.85. The fourth-order valence-corrected chi connectivity index (χ4v) is 3.17. The first-order valence-electron chi connectivity index (χ1n) is 8.68. The number of Topliss-reactive ketones (excluding diaryl/α,β-unsaturated/α-hetero) is 1. The molecule has 0 aliphatic rings. The highest BCUT2D eigenvalue weighted by Gasteiger charge is 2.16. The van der Waals surface area contributed by atoms with Crippen LogP contribution in [0.3, 0.4) is 0 Å². The van der Waals surface area contributed by atoms with E-state index in [9.17, 15) is 9.59 Å². The van der Waals surface area contributed by atoms with Crippen LogP contribution in [0.2, 0.25) is 0 Å². The van der Waals surface area contributed by atoms with Gasteiger partial charge in [-0.15, -0.1) is 0 Å². The molecule has 0 amide bonds. The second-order valence-corrected chi connectivity index (χ2v) is 6.78. The van der Waals surface area contributed by atoms with Crippen LogP contribution in [0.5, 0.6) is 11.5 Å². The molecule has 0 aliphatic carbocycles. The monoisotopic (exact) mass is 404 g/mol. The number of hydrogen-bond donors (Lipinski definition) is 0. The van der Waals surface area contributed by atoms with Gasteiger partial charge in [0.05, 0.1) is 19.8 Å². The van der Waals surface area contributed by atoms with Gasteiger partial charge in [-0.3, -0.25) is 9.59 Å². The van der Waals surface area contributed by atoms with Crippen LogP contribution in [0.4, 0.5) is 0 Å². The highest BCUT2D eigenvalue weighted by Crippen LogP contribution is 2.25. The molecule has 1 aromatic carbocycles. The number of hydrogen-bond acceptors (Lipinski definition) is 8. The Bertz CT molecular complexity index is 847. The number of aryl methyl sites for hydroxylation is 2. The van der Waals surface area contributed by atoms with E-state index in [-0.39, 0.29) is 18.8 Å². The van der Waals surface area contributed by atoms with Crippen molar-refractivity contribution in [3.63, 3.8) is 0 Å². The number of benzene rings is 1. The van der Waals surface area contributed by atoms with Gasteiger partial charge in [-0.05, 0) is 44.2 Å². The minimum absolute atomic E-state index is 0.149. The Morgan fingerprint density at radius 1 is 1.07 bits per heavy atom. The zero-order chi connectivity index (χ0) is 20.7. The maximum absolute atomic E-state index is 12.4. The third kappa shape index (κ3) is 5.45. The van der Waals surface area contributed by atoms with Crippen molar-refractivity contribution in [2.24, 2.45) is 0 Å². The van der Waals surface area contributed by atoms with E-state index in [0.717, 1.165) is 17.0 Å². The van der Waals surface area contributed by atoms with Crippen LogP contribution in [-0.2, 0) is 16.0 Å². The lowest BCUT2D eigenvalue weighted by atomic mass is 10.1. The average molecular weight is 404 g/mol. The lowest BCUT2D eigenvalue weighted by molar-refractivity contribution is -0.142. The summed E-state index contributed by atoms with van der Waals surface area (Å²) in [5.74, 6) is 0.157. The highest BCUT2D eigenvalue weighted by atomic mass is 32.2. The van der Waals surface area contributed by atoms with Crippen LogP contribution in [0.1, 0.15) is 33.7 Å². The van der Waals surface area contributed by atoms with Crippen LogP contribution in [0.15, 0.2) is 23.4 Å². The minimum Gasteiger partial charge on any atom is -0.497 e. The molecule has 8 heteroatoms. The van der Waals surface area contributed by atoms with Gasteiger partial charge in [-0.25, -0.2) is 9.97 Å². The molecule has 0 aliphatic heterocycles. The van der Waals surface area contributed by atoms with Crippen molar-refractivity contribution in [2.75, 3.05) is 27.1 Å². The smallest absolute Gasteiger partial charge is 0.306 e. The first-order chi connectivity index (χ1) is 13.4. The maximum atomic E-state index is 12.4. The van der Waals surface area contributed by atoms with Gasteiger partial charge in [0.1, 0.15) is 11.5 Å². The summed E-state index contributed by atoms with van der Waals surface area (Å²) in [5, 5.41) is 0.709. The Kier molecular flexibility index (Phi) is 7.80. The number of thioether (sulfide) groups is 1. The van der Waals surface area contributed by atoms with Gasteiger partial charge in [0.15, 0.2) is 11.8 Å². The van der Waals surface area contributed by atoms with E-state index in [0.29, 0.717) is 28.6 Å². The summed E-state index contributed by atoms with van der Waals surface area (Å²) in [6.07, 6.45) is 2.53. The van der Waals surface area contributed by atoms with Crippen LogP contribution in [0, 0.1) is 13.8 Å². The van der Waals surface area contributed by atoms with Crippen molar-refractivity contribution in [1.29, 1.82) is 0 Å². The van der Waals surface area contributed by atoms with Crippen LogP contribution in [0.25, 0.3) is 0 Å². The summed E-state index contributed by atoms with van der Waals surface area (Å²) in [4.78, 5) is 33.2. The molecule has 1 heterocycles. The molecule has 2 rings (SSSR count). The molecule has 0 spiro atoms.